The van der Waals surface area contributed by atoms with Crippen molar-refractivity contribution < 1.29 is 14.3 Å². The third kappa shape index (κ3) is 5.34. The molecular weight excluding hydrogens is 252 g/mol. The minimum Gasteiger partial charge on any atom is -0.463 e. The fourth-order valence-corrected chi connectivity index (χ4v) is 1.43. The van der Waals surface area contributed by atoms with E-state index in [9.17, 15) is 4.79 Å². The minimum atomic E-state index is -0.354. The van der Waals surface area contributed by atoms with Crippen molar-refractivity contribution in [3.05, 3.63) is 47.0 Å². The van der Waals surface area contributed by atoms with Gasteiger partial charge in [0.05, 0.1) is 19.8 Å². The van der Waals surface area contributed by atoms with Crippen LogP contribution in [0, 0.1) is 0 Å². The summed E-state index contributed by atoms with van der Waals surface area (Å²) in [6.07, 6.45) is 0.479. The molecular formula is C14H17ClO3. The Morgan fingerprint density at radius 2 is 2.00 bits per heavy atom. The van der Waals surface area contributed by atoms with Gasteiger partial charge in [-0.25, -0.2) is 4.79 Å². The molecule has 0 amide bonds. The molecule has 0 saturated heterocycles. The number of hydrogen-bond donors (Lipinski definition) is 0. The molecule has 0 aromatic heterocycles. The molecule has 98 valence electrons. The van der Waals surface area contributed by atoms with Crippen LogP contribution in [0.1, 0.15) is 18.9 Å². The van der Waals surface area contributed by atoms with Crippen LogP contribution in [-0.2, 0) is 20.9 Å². The molecule has 0 atom stereocenters. The quantitative estimate of drug-likeness (QED) is 0.432. The first-order valence-electron chi connectivity index (χ1n) is 5.80. The van der Waals surface area contributed by atoms with Gasteiger partial charge in [0.2, 0.25) is 0 Å². The highest BCUT2D eigenvalue weighted by molar-refractivity contribution is 6.30. The number of esters is 1. The Kier molecular flexibility index (Phi) is 6.47. The zero-order chi connectivity index (χ0) is 13.4. The molecule has 0 fully saturated rings. The van der Waals surface area contributed by atoms with Gasteiger partial charge < -0.3 is 9.47 Å². The first-order chi connectivity index (χ1) is 8.63. The van der Waals surface area contributed by atoms with Crippen LogP contribution in [0.5, 0.6) is 0 Å². The van der Waals surface area contributed by atoms with E-state index < -0.39 is 0 Å². The van der Waals surface area contributed by atoms with E-state index in [0.29, 0.717) is 36.8 Å². The largest absolute Gasteiger partial charge is 0.463 e. The molecule has 0 unspecified atom stereocenters. The van der Waals surface area contributed by atoms with E-state index in [-0.39, 0.29) is 5.97 Å². The maximum atomic E-state index is 11.3. The summed E-state index contributed by atoms with van der Waals surface area (Å²) >= 11 is 5.78. The van der Waals surface area contributed by atoms with E-state index in [1.54, 1.807) is 6.92 Å². The van der Waals surface area contributed by atoms with E-state index in [2.05, 4.69) is 6.58 Å². The van der Waals surface area contributed by atoms with Gasteiger partial charge in [-0.15, -0.1) is 0 Å². The summed E-state index contributed by atoms with van der Waals surface area (Å²) in [5.74, 6) is -0.354. The van der Waals surface area contributed by atoms with Crippen molar-refractivity contribution in [3.63, 3.8) is 0 Å². The Balaban J connectivity index is 2.20. The third-order valence-electron chi connectivity index (χ3n) is 2.29. The normalized spacial score (nSPS) is 10.1. The van der Waals surface area contributed by atoms with E-state index in [1.165, 1.54) is 0 Å². The standard InChI is InChI=1S/C14H17ClO3/c1-3-18-14(16)11(2)8-9-17-10-12-4-6-13(15)7-5-12/h4-7H,2-3,8-10H2,1H3. The van der Waals surface area contributed by atoms with Gasteiger partial charge in [-0.3, -0.25) is 0 Å². The van der Waals surface area contributed by atoms with E-state index in [4.69, 9.17) is 21.1 Å². The zero-order valence-corrected chi connectivity index (χ0v) is 11.2. The second-order valence-electron chi connectivity index (χ2n) is 3.75. The van der Waals surface area contributed by atoms with Crippen LogP contribution in [0.15, 0.2) is 36.4 Å². The molecule has 0 heterocycles. The topological polar surface area (TPSA) is 35.5 Å². The highest BCUT2D eigenvalue weighted by Gasteiger charge is 2.06. The monoisotopic (exact) mass is 268 g/mol. The molecule has 0 N–H and O–H groups in total. The number of carbonyl (C=O) groups is 1. The Morgan fingerprint density at radius 3 is 2.61 bits per heavy atom. The molecule has 4 heteroatoms. The van der Waals surface area contributed by atoms with Gasteiger partial charge in [0.1, 0.15) is 0 Å². The summed E-state index contributed by atoms with van der Waals surface area (Å²) in [4.78, 5) is 11.3. The van der Waals surface area contributed by atoms with E-state index in [1.807, 2.05) is 24.3 Å². The number of hydrogen-bond acceptors (Lipinski definition) is 3. The molecule has 1 aromatic rings. The Morgan fingerprint density at radius 1 is 1.33 bits per heavy atom. The molecule has 0 radical (unpaired) electrons. The van der Waals surface area contributed by atoms with Gasteiger partial charge in [-0.1, -0.05) is 30.3 Å². The van der Waals surface area contributed by atoms with Crippen molar-refractivity contribution in [1.29, 1.82) is 0 Å². The summed E-state index contributed by atoms with van der Waals surface area (Å²) in [6, 6.07) is 7.45. The molecule has 0 aliphatic carbocycles. The summed E-state index contributed by atoms with van der Waals surface area (Å²) < 4.78 is 10.3. The highest BCUT2D eigenvalue weighted by atomic mass is 35.5. The molecule has 18 heavy (non-hydrogen) atoms. The van der Waals surface area contributed by atoms with Crippen molar-refractivity contribution in [2.24, 2.45) is 0 Å². The number of benzene rings is 1. The predicted octanol–water partition coefficient (Wildman–Crippen LogP) is 3.37. The fraction of sp³-hybridized carbons (Fsp3) is 0.357. The predicted molar refractivity (Wildman–Crippen MR) is 71.5 cm³/mol. The lowest BCUT2D eigenvalue weighted by atomic mass is 10.2. The molecule has 0 aliphatic heterocycles. The van der Waals surface area contributed by atoms with Crippen LogP contribution >= 0.6 is 11.6 Å². The van der Waals surface area contributed by atoms with Crippen LogP contribution in [0.2, 0.25) is 5.02 Å². The van der Waals surface area contributed by atoms with Crippen molar-refractivity contribution in [2.45, 2.75) is 20.0 Å². The van der Waals surface area contributed by atoms with Crippen LogP contribution in [0.25, 0.3) is 0 Å². The van der Waals surface area contributed by atoms with Gasteiger partial charge in [0.25, 0.3) is 0 Å². The molecule has 3 nitrogen and oxygen atoms in total. The first-order valence-corrected chi connectivity index (χ1v) is 6.18. The summed E-state index contributed by atoms with van der Waals surface area (Å²) in [5, 5.41) is 0.703. The van der Waals surface area contributed by atoms with Crippen LogP contribution in [-0.4, -0.2) is 19.2 Å². The molecule has 0 spiro atoms. The molecule has 0 bridgehead atoms. The average molecular weight is 269 g/mol. The van der Waals surface area contributed by atoms with Crippen molar-refractivity contribution >= 4 is 17.6 Å². The lowest BCUT2D eigenvalue weighted by Crippen LogP contribution is -2.08. The third-order valence-corrected chi connectivity index (χ3v) is 2.55. The number of halogens is 1. The number of ether oxygens (including phenoxy) is 2. The zero-order valence-electron chi connectivity index (χ0n) is 10.4. The van der Waals surface area contributed by atoms with Crippen molar-refractivity contribution in [2.75, 3.05) is 13.2 Å². The summed E-state index contributed by atoms with van der Waals surface area (Å²) in [5.41, 5.74) is 1.48. The molecule has 0 aliphatic rings. The lowest BCUT2D eigenvalue weighted by molar-refractivity contribution is -0.138. The van der Waals surface area contributed by atoms with Gasteiger partial charge in [-0.2, -0.15) is 0 Å². The molecule has 1 rings (SSSR count). The van der Waals surface area contributed by atoms with Gasteiger partial charge >= 0.3 is 5.97 Å². The molecule has 0 saturated carbocycles. The van der Waals surface area contributed by atoms with E-state index in [0.717, 1.165) is 5.56 Å². The average Bonchev–Trinajstić information content (AvgIpc) is 2.36. The number of rotatable bonds is 7. The Bertz CT molecular complexity index is 398. The SMILES string of the molecule is C=C(CCOCc1ccc(Cl)cc1)C(=O)OCC. The second-order valence-corrected chi connectivity index (χ2v) is 4.19. The van der Waals surface area contributed by atoms with Crippen molar-refractivity contribution in [3.8, 4) is 0 Å². The van der Waals surface area contributed by atoms with Crippen LogP contribution in [0.4, 0.5) is 0 Å². The summed E-state index contributed by atoms with van der Waals surface area (Å²) in [7, 11) is 0. The van der Waals surface area contributed by atoms with Gasteiger partial charge in [0.15, 0.2) is 0 Å². The van der Waals surface area contributed by atoms with Gasteiger partial charge in [0, 0.05) is 17.0 Å². The highest BCUT2D eigenvalue weighted by Crippen LogP contribution is 2.10. The summed E-state index contributed by atoms with van der Waals surface area (Å²) in [6.45, 7) is 6.73. The number of carbonyl (C=O) groups excluding carboxylic acids is 1. The van der Waals surface area contributed by atoms with E-state index >= 15 is 0 Å². The van der Waals surface area contributed by atoms with Gasteiger partial charge in [-0.05, 0) is 24.6 Å². The van der Waals surface area contributed by atoms with Crippen molar-refractivity contribution in [1.82, 2.24) is 0 Å². The second kappa shape index (κ2) is 7.90. The first kappa shape index (κ1) is 14.7. The minimum absolute atomic E-state index is 0.354. The molecule has 1 aromatic carbocycles. The Labute approximate surface area is 112 Å². The Hall–Kier alpha value is -1.32. The lowest BCUT2D eigenvalue weighted by Gasteiger charge is -2.06. The fourth-order valence-electron chi connectivity index (χ4n) is 1.30. The van der Waals surface area contributed by atoms with Crippen LogP contribution in [0.3, 0.4) is 0 Å². The maximum absolute atomic E-state index is 11.3. The van der Waals surface area contributed by atoms with Crippen LogP contribution < -0.4 is 0 Å². The maximum Gasteiger partial charge on any atom is 0.333 e. The smallest absolute Gasteiger partial charge is 0.333 e.